The molecular formula is C14H26N2O. The molecule has 2 aliphatic rings. The van der Waals surface area contributed by atoms with Crippen LogP contribution < -0.4 is 5.32 Å². The van der Waals surface area contributed by atoms with Crippen LogP contribution in [0, 0.1) is 0 Å². The molecule has 0 saturated carbocycles. The second kappa shape index (κ2) is 6.53. The van der Waals surface area contributed by atoms with Crippen molar-refractivity contribution in [3.8, 4) is 0 Å². The van der Waals surface area contributed by atoms with Crippen molar-refractivity contribution < 1.29 is 4.74 Å². The summed E-state index contributed by atoms with van der Waals surface area (Å²) in [4.78, 5) is 2.51. The summed E-state index contributed by atoms with van der Waals surface area (Å²) in [6.07, 6.45) is 8.63. The molecule has 1 saturated heterocycles. The maximum atomic E-state index is 5.83. The van der Waals surface area contributed by atoms with Crippen LogP contribution in [0.2, 0.25) is 0 Å². The molecule has 2 unspecified atom stereocenters. The largest absolute Gasteiger partial charge is 0.374 e. The SMILES string of the molecule is CC(C)N1CCOC(CNC2CC=CCC2)C1. The Hall–Kier alpha value is -0.380. The van der Waals surface area contributed by atoms with Crippen molar-refractivity contribution >= 4 is 0 Å². The Labute approximate surface area is 105 Å². The summed E-state index contributed by atoms with van der Waals surface area (Å²) in [5, 5.41) is 3.65. The van der Waals surface area contributed by atoms with E-state index in [-0.39, 0.29) is 0 Å². The third-order valence-electron chi connectivity index (χ3n) is 3.80. The third kappa shape index (κ3) is 4.09. The van der Waals surface area contributed by atoms with Gasteiger partial charge >= 0.3 is 0 Å². The van der Waals surface area contributed by atoms with Crippen LogP contribution in [0.3, 0.4) is 0 Å². The fourth-order valence-corrected chi connectivity index (χ4v) is 2.61. The highest BCUT2D eigenvalue weighted by Gasteiger charge is 2.22. The van der Waals surface area contributed by atoms with E-state index in [1.54, 1.807) is 0 Å². The van der Waals surface area contributed by atoms with E-state index < -0.39 is 0 Å². The lowest BCUT2D eigenvalue weighted by Gasteiger charge is -2.36. The van der Waals surface area contributed by atoms with Crippen molar-refractivity contribution in [3.63, 3.8) is 0 Å². The molecule has 1 heterocycles. The summed E-state index contributed by atoms with van der Waals surface area (Å²) in [7, 11) is 0. The van der Waals surface area contributed by atoms with Gasteiger partial charge in [-0.3, -0.25) is 4.90 Å². The van der Waals surface area contributed by atoms with Crippen LogP contribution in [0.4, 0.5) is 0 Å². The van der Waals surface area contributed by atoms with Gasteiger partial charge in [-0.1, -0.05) is 12.2 Å². The molecule has 98 valence electrons. The maximum Gasteiger partial charge on any atom is 0.0826 e. The highest BCUT2D eigenvalue weighted by atomic mass is 16.5. The van der Waals surface area contributed by atoms with Gasteiger partial charge in [-0.25, -0.2) is 0 Å². The van der Waals surface area contributed by atoms with Crippen molar-refractivity contribution in [1.29, 1.82) is 0 Å². The molecule has 0 aromatic carbocycles. The Bertz CT molecular complexity index is 253. The first-order chi connectivity index (χ1) is 8.25. The minimum Gasteiger partial charge on any atom is -0.374 e. The molecule has 0 aromatic heterocycles. The van der Waals surface area contributed by atoms with E-state index in [0.717, 1.165) is 26.2 Å². The molecule has 1 aliphatic heterocycles. The summed E-state index contributed by atoms with van der Waals surface area (Å²) >= 11 is 0. The van der Waals surface area contributed by atoms with Gasteiger partial charge in [0.25, 0.3) is 0 Å². The highest BCUT2D eigenvalue weighted by Crippen LogP contribution is 2.12. The lowest BCUT2D eigenvalue weighted by molar-refractivity contribution is -0.0382. The lowest BCUT2D eigenvalue weighted by Crippen LogP contribution is -2.50. The quantitative estimate of drug-likeness (QED) is 0.756. The standard InChI is InChI=1S/C14H26N2O/c1-12(2)16-8-9-17-14(11-16)10-15-13-6-4-3-5-7-13/h3-4,12-15H,5-11H2,1-2H3. The van der Waals surface area contributed by atoms with Crippen molar-refractivity contribution in [2.75, 3.05) is 26.2 Å². The van der Waals surface area contributed by atoms with Crippen LogP contribution in [0.25, 0.3) is 0 Å². The van der Waals surface area contributed by atoms with Crippen molar-refractivity contribution in [2.24, 2.45) is 0 Å². The summed E-state index contributed by atoms with van der Waals surface area (Å²) < 4.78 is 5.83. The number of hydrogen-bond acceptors (Lipinski definition) is 3. The Kier molecular flexibility index (Phi) is 5.01. The third-order valence-corrected chi connectivity index (χ3v) is 3.80. The second-order valence-corrected chi connectivity index (χ2v) is 5.47. The van der Waals surface area contributed by atoms with E-state index in [2.05, 4.69) is 36.2 Å². The Morgan fingerprint density at radius 2 is 2.29 bits per heavy atom. The topological polar surface area (TPSA) is 24.5 Å². The van der Waals surface area contributed by atoms with Crippen LogP contribution >= 0.6 is 0 Å². The first kappa shape index (κ1) is 13.1. The molecule has 3 heteroatoms. The molecule has 0 aromatic rings. The van der Waals surface area contributed by atoms with Crippen molar-refractivity contribution in [2.45, 2.75) is 51.3 Å². The summed E-state index contributed by atoms with van der Waals surface area (Å²) in [5.74, 6) is 0. The molecule has 1 fully saturated rings. The zero-order chi connectivity index (χ0) is 12.1. The fraction of sp³-hybridized carbons (Fsp3) is 0.857. The minimum atomic E-state index is 0.372. The number of ether oxygens (including phenoxy) is 1. The molecule has 1 N–H and O–H groups in total. The van der Waals surface area contributed by atoms with E-state index in [1.165, 1.54) is 19.3 Å². The van der Waals surface area contributed by atoms with Crippen LogP contribution in [-0.2, 0) is 4.74 Å². The maximum absolute atomic E-state index is 5.83. The van der Waals surface area contributed by atoms with Gasteiger partial charge in [-0.05, 0) is 33.1 Å². The molecule has 2 atom stereocenters. The first-order valence-electron chi connectivity index (χ1n) is 6.99. The number of nitrogens with zero attached hydrogens (tertiary/aromatic N) is 1. The van der Waals surface area contributed by atoms with E-state index in [1.807, 2.05) is 0 Å². The van der Waals surface area contributed by atoms with E-state index in [9.17, 15) is 0 Å². The Balaban J connectivity index is 1.69. The normalized spacial score (nSPS) is 31.0. The van der Waals surface area contributed by atoms with Gasteiger partial charge in [0.1, 0.15) is 0 Å². The van der Waals surface area contributed by atoms with E-state index in [0.29, 0.717) is 18.2 Å². The van der Waals surface area contributed by atoms with Crippen LogP contribution in [0.1, 0.15) is 33.1 Å². The molecule has 17 heavy (non-hydrogen) atoms. The number of rotatable bonds is 4. The minimum absolute atomic E-state index is 0.372. The number of allylic oxidation sites excluding steroid dienone is 1. The lowest BCUT2D eigenvalue weighted by atomic mass is 10.0. The van der Waals surface area contributed by atoms with Crippen LogP contribution in [-0.4, -0.2) is 49.3 Å². The van der Waals surface area contributed by atoms with E-state index >= 15 is 0 Å². The van der Waals surface area contributed by atoms with Gasteiger partial charge in [0.15, 0.2) is 0 Å². The van der Waals surface area contributed by atoms with Gasteiger partial charge in [-0.2, -0.15) is 0 Å². The zero-order valence-electron chi connectivity index (χ0n) is 11.2. The van der Waals surface area contributed by atoms with Gasteiger partial charge in [0, 0.05) is 31.7 Å². The molecule has 0 radical (unpaired) electrons. The summed E-state index contributed by atoms with van der Waals surface area (Å²) in [5.41, 5.74) is 0. The second-order valence-electron chi connectivity index (χ2n) is 5.47. The monoisotopic (exact) mass is 238 g/mol. The van der Waals surface area contributed by atoms with E-state index in [4.69, 9.17) is 4.74 Å². The molecular weight excluding hydrogens is 212 g/mol. The molecule has 2 rings (SSSR count). The van der Waals surface area contributed by atoms with Gasteiger partial charge < -0.3 is 10.1 Å². The predicted octanol–water partition coefficient (Wildman–Crippen LogP) is 1.79. The van der Waals surface area contributed by atoms with Crippen molar-refractivity contribution in [1.82, 2.24) is 10.2 Å². The smallest absolute Gasteiger partial charge is 0.0826 e. The van der Waals surface area contributed by atoms with Gasteiger partial charge in [-0.15, -0.1) is 0 Å². The number of nitrogens with one attached hydrogen (secondary N) is 1. The fourth-order valence-electron chi connectivity index (χ4n) is 2.61. The molecule has 0 bridgehead atoms. The predicted molar refractivity (Wildman–Crippen MR) is 71.2 cm³/mol. The Morgan fingerprint density at radius 1 is 1.41 bits per heavy atom. The van der Waals surface area contributed by atoms with Crippen molar-refractivity contribution in [3.05, 3.63) is 12.2 Å². The summed E-state index contributed by atoms with van der Waals surface area (Å²) in [6, 6.07) is 1.30. The zero-order valence-corrected chi connectivity index (χ0v) is 11.2. The molecule has 1 aliphatic carbocycles. The average molecular weight is 238 g/mol. The average Bonchev–Trinajstić information content (AvgIpc) is 2.38. The van der Waals surface area contributed by atoms with Gasteiger partial charge in [0.05, 0.1) is 12.7 Å². The van der Waals surface area contributed by atoms with Gasteiger partial charge in [0.2, 0.25) is 0 Å². The van der Waals surface area contributed by atoms with Crippen LogP contribution in [0.5, 0.6) is 0 Å². The molecule has 0 amide bonds. The molecule has 3 nitrogen and oxygen atoms in total. The number of hydrogen-bond donors (Lipinski definition) is 1. The first-order valence-corrected chi connectivity index (χ1v) is 6.99. The number of morpholine rings is 1. The van der Waals surface area contributed by atoms with Crippen LogP contribution in [0.15, 0.2) is 12.2 Å². The Morgan fingerprint density at radius 3 is 3.00 bits per heavy atom. The highest BCUT2D eigenvalue weighted by molar-refractivity contribution is 4.93. The molecule has 0 spiro atoms. The summed E-state index contributed by atoms with van der Waals surface area (Å²) in [6.45, 7) is 8.58.